The summed E-state index contributed by atoms with van der Waals surface area (Å²) in [6.07, 6.45) is 2.22. The van der Waals surface area contributed by atoms with Crippen LogP contribution < -0.4 is 4.74 Å². The smallest absolute Gasteiger partial charge is 0.123 e. The molecule has 0 amide bonds. The molecule has 2 aromatic carbocycles. The predicted molar refractivity (Wildman–Crippen MR) is 84.0 cm³/mol. The molecule has 0 saturated heterocycles. The van der Waals surface area contributed by atoms with Gasteiger partial charge in [0.05, 0.1) is 0 Å². The first-order valence-electron chi connectivity index (χ1n) is 7.24. The average molecular weight is 287 g/mol. The third-order valence-electron chi connectivity index (χ3n) is 3.29. The average Bonchev–Trinajstić information content (AvgIpc) is 2.46. The van der Waals surface area contributed by atoms with Crippen LogP contribution in [0.25, 0.3) is 0 Å². The van der Waals surface area contributed by atoms with E-state index in [-0.39, 0.29) is 5.82 Å². The van der Waals surface area contributed by atoms with E-state index in [0.717, 1.165) is 30.7 Å². The van der Waals surface area contributed by atoms with E-state index in [1.165, 1.54) is 17.7 Å². The van der Waals surface area contributed by atoms with Crippen LogP contribution in [0.5, 0.6) is 5.75 Å². The zero-order chi connectivity index (χ0) is 15.1. The van der Waals surface area contributed by atoms with Crippen LogP contribution in [-0.4, -0.2) is 25.5 Å². The van der Waals surface area contributed by atoms with Crippen LogP contribution >= 0.6 is 0 Å². The molecule has 0 aromatic heterocycles. The van der Waals surface area contributed by atoms with Gasteiger partial charge in [-0.05, 0) is 68.9 Å². The summed E-state index contributed by atoms with van der Waals surface area (Å²) in [6.45, 7) is 1.48. The second-order valence-electron chi connectivity index (χ2n) is 5.47. The highest BCUT2D eigenvalue weighted by Crippen LogP contribution is 2.15. The topological polar surface area (TPSA) is 12.5 Å². The molecule has 3 heteroatoms. The third kappa shape index (κ3) is 5.56. The Bertz CT molecular complexity index is 551. The quantitative estimate of drug-likeness (QED) is 0.766. The molecule has 0 radical (unpaired) electrons. The van der Waals surface area contributed by atoms with E-state index in [1.54, 1.807) is 6.07 Å². The van der Waals surface area contributed by atoms with E-state index in [9.17, 15) is 4.39 Å². The van der Waals surface area contributed by atoms with Crippen LogP contribution in [0.2, 0.25) is 0 Å². The van der Waals surface area contributed by atoms with Gasteiger partial charge in [0.2, 0.25) is 0 Å². The molecule has 0 fully saturated rings. The van der Waals surface area contributed by atoms with Gasteiger partial charge in [0.15, 0.2) is 0 Å². The van der Waals surface area contributed by atoms with Gasteiger partial charge in [-0.15, -0.1) is 0 Å². The zero-order valence-electron chi connectivity index (χ0n) is 12.7. The number of hydrogen-bond acceptors (Lipinski definition) is 2. The molecule has 0 spiro atoms. The number of nitrogens with zero attached hydrogens (tertiary/aromatic N) is 1. The minimum atomic E-state index is -0.229. The third-order valence-corrected chi connectivity index (χ3v) is 3.29. The van der Waals surface area contributed by atoms with E-state index < -0.39 is 0 Å². The molecular formula is C18H22FNO. The number of aryl methyl sites for hydroxylation is 1. The van der Waals surface area contributed by atoms with Crippen molar-refractivity contribution in [3.8, 4) is 5.75 Å². The monoisotopic (exact) mass is 287 g/mol. The van der Waals surface area contributed by atoms with Crippen molar-refractivity contribution in [3.63, 3.8) is 0 Å². The SMILES string of the molecule is CN(C)CCCc1ccc(OCc2cccc(F)c2)cc1. The van der Waals surface area contributed by atoms with Crippen LogP contribution in [0.1, 0.15) is 17.5 Å². The lowest BCUT2D eigenvalue weighted by atomic mass is 10.1. The Morgan fingerprint density at radius 1 is 1.00 bits per heavy atom. The lowest BCUT2D eigenvalue weighted by Gasteiger charge is -2.10. The van der Waals surface area contributed by atoms with Gasteiger partial charge in [0.25, 0.3) is 0 Å². The Balaban J connectivity index is 1.82. The number of benzene rings is 2. The Labute approximate surface area is 126 Å². The van der Waals surface area contributed by atoms with Crippen molar-refractivity contribution >= 4 is 0 Å². The van der Waals surface area contributed by atoms with Crippen molar-refractivity contribution in [1.82, 2.24) is 4.90 Å². The lowest BCUT2D eigenvalue weighted by Crippen LogP contribution is -2.13. The minimum Gasteiger partial charge on any atom is -0.489 e. The van der Waals surface area contributed by atoms with Crippen LogP contribution in [-0.2, 0) is 13.0 Å². The largest absolute Gasteiger partial charge is 0.489 e. The van der Waals surface area contributed by atoms with Crippen molar-refractivity contribution in [1.29, 1.82) is 0 Å². The van der Waals surface area contributed by atoms with Gasteiger partial charge in [0.1, 0.15) is 18.2 Å². The Morgan fingerprint density at radius 2 is 1.76 bits per heavy atom. The molecule has 21 heavy (non-hydrogen) atoms. The van der Waals surface area contributed by atoms with Crippen LogP contribution in [0.3, 0.4) is 0 Å². The molecule has 0 aliphatic carbocycles. The lowest BCUT2D eigenvalue weighted by molar-refractivity contribution is 0.305. The molecule has 2 aromatic rings. The van der Waals surface area contributed by atoms with Crippen LogP contribution in [0.15, 0.2) is 48.5 Å². The summed E-state index contributed by atoms with van der Waals surface area (Å²) in [7, 11) is 4.17. The van der Waals surface area contributed by atoms with Crippen molar-refractivity contribution < 1.29 is 9.13 Å². The number of ether oxygens (including phenoxy) is 1. The van der Waals surface area contributed by atoms with E-state index in [4.69, 9.17) is 4.74 Å². The molecule has 0 unspecified atom stereocenters. The Hall–Kier alpha value is -1.87. The number of halogens is 1. The fourth-order valence-corrected chi connectivity index (χ4v) is 2.15. The maximum atomic E-state index is 13.1. The molecule has 0 aliphatic heterocycles. The first-order valence-corrected chi connectivity index (χ1v) is 7.24. The van der Waals surface area contributed by atoms with E-state index >= 15 is 0 Å². The molecule has 0 heterocycles. The van der Waals surface area contributed by atoms with Gasteiger partial charge in [-0.25, -0.2) is 4.39 Å². The van der Waals surface area contributed by atoms with Crippen LogP contribution in [0, 0.1) is 5.82 Å². The van der Waals surface area contributed by atoms with Gasteiger partial charge in [-0.1, -0.05) is 24.3 Å². The summed E-state index contributed by atoms with van der Waals surface area (Å²) in [5, 5.41) is 0. The summed E-state index contributed by atoms with van der Waals surface area (Å²) in [4.78, 5) is 2.19. The highest BCUT2D eigenvalue weighted by atomic mass is 19.1. The standard InChI is InChI=1S/C18H22FNO/c1-20(2)12-4-6-15-8-10-18(11-9-15)21-14-16-5-3-7-17(19)13-16/h3,5,7-11,13H,4,6,12,14H2,1-2H3. The predicted octanol–water partition coefficient (Wildman–Crippen LogP) is 3.90. The maximum Gasteiger partial charge on any atom is 0.123 e. The maximum absolute atomic E-state index is 13.1. The molecule has 0 N–H and O–H groups in total. The molecule has 2 rings (SSSR count). The van der Waals surface area contributed by atoms with Crippen LogP contribution in [0.4, 0.5) is 4.39 Å². The fraction of sp³-hybridized carbons (Fsp3) is 0.333. The van der Waals surface area contributed by atoms with Gasteiger partial charge in [0, 0.05) is 0 Å². The van der Waals surface area contributed by atoms with Crippen molar-refractivity contribution in [2.75, 3.05) is 20.6 Å². The van der Waals surface area contributed by atoms with Crippen molar-refractivity contribution in [2.24, 2.45) is 0 Å². The van der Waals surface area contributed by atoms with Crippen molar-refractivity contribution in [3.05, 3.63) is 65.5 Å². The first-order chi connectivity index (χ1) is 10.1. The fourth-order valence-electron chi connectivity index (χ4n) is 2.15. The van der Waals surface area contributed by atoms with E-state index in [2.05, 4.69) is 31.1 Å². The molecule has 2 nitrogen and oxygen atoms in total. The molecule has 0 saturated carbocycles. The summed E-state index contributed by atoms with van der Waals surface area (Å²) >= 11 is 0. The Kier molecular flexibility index (Phi) is 5.76. The van der Waals surface area contributed by atoms with Gasteiger partial charge in [-0.3, -0.25) is 0 Å². The summed E-state index contributed by atoms with van der Waals surface area (Å²) in [6, 6.07) is 14.6. The molecular weight excluding hydrogens is 265 g/mol. The molecule has 112 valence electrons. The van der Waals surface area contributed by atoms with Crippen molar-refractivity contribution in [2.45, 2.75) is 19.4 Å². The molecule has 0 aliphatic rings. The zero-order valence-corrected chi connectivity index (χ0v) is 12.7. The Morgan fingerprint density at radius 3 is 2.43 bits per heavy atom. The van der Waals surface area contributed by atoms with Gasteiger partial charge < -0.3 is 9.64 Å². The molecule has 0 bridgehead atoms. The second kappa shape index (κ2) is 7.79. The van der Waals surface area contributed by atoms with Gasteiger partial charge >= 0.3 is 0 Å². The normalized spacial score (nSPS) is 10.9. The van der Waals surface area contributed by atoms with E-state index in [1.807, 2.05) is 18.2 Å². The summed E-state index contributed by atoms with van der Waals surface area (Å²) in [5.74, 6) is 0.586. The first kappa shape index (κ1) is 15.5. The van der Waals surface area contributed by atoms with E-state index in [0.29, 0.717) is 6.61 Å². The second-order valence-corrected chi connectivity index (χ2v) is 5.47. The number of rotatable bonds is 7. The molecule has 0 atom stereocenters. The number of hydrogen-bond donors (Lipinski definition) is 0. The highest BCUT2D eigenvalue weighted by Gasteiger charge is 1.99. The summed E-state index contributed by atoms with van der Waals surface area (Å²) in [5.41, 5.74) is 2.15. The minimum absolute atomic E-state index is 0.229. The van der Waals surface area contributed by atoms with Gasteiger partial charge in [-0.2, -0.15) is 0 Å². The summed E-state index contributed by atoms with van der Waals surface area (Å²) < 4.78 is 18.7. The highest BCUT2D eigenvalue weighted by molar-refractivity contribution is 5.28.